The molecule has 3 aliphatic heterocycles. The van der Waals surface area contributed by atoms with E-state index in [0.29, 0.717) is 30.2 Å². The van der Waals surface area contributed by atoms with E-state index in [9.17, 15) is 9.59 Å². The first-order valence-corrected chi connectivity index (χ1v) is 8.90. The molecule has 0 aromatic rings. The minimum absolute atomic E-state index is 0.208. The third-order valence-corrected chi connectivity index (χ3v) is 5.62. The summed E-state index contributed by atoms with van der Waals surface area (Å²) in [6.45, 7) is 6.42. The summed E-state index contributed by atoms with van der Waals surface area (Å²) in [5, 5.41) is 3.66. The third-order valence-electron chi connectivity index (χ3n) is 5.62. The number of hydrogen-bond donors (Lipinski definition) is 1. The molecule has 0 spiro atoms. The molecule has 3 fully saturated rings. The van der Waals surface area contributed by atoms with Crippen LogP contribution in [0, 0.1) is 11.8 Å². The number of fused-ring (bicyclic) bond motifs is 2. The van der Waals surface area contributed by atoms with Gasteiger partial charge in [-0.3, -0.25) is 9.59 Å². The van der Waals surface area contributed by atoms with Gasteiger partial charge in [0.05, 0.1) is 0 Å². The second-order valence-electron chi connectivity index (χ2n) is 7.28. The number of piperidine rings is 2. The van der Waals surface area contributed by atoms with Crippen molar-refractivity contribution in [1.82, 2.24) is 15.1 Å². The largest absolute Gasteiger partial charge is 0.343 e. The smallest absolute Gasteiger partial charge is 0.222 e. The Morgan fingerprint density at radius 1 is 1.14 bits per heavy atom. The van der Waals surface area contributed by atoms with E-state index in [-0.39, 0.29) is 5.91 Å². The van der Waals surface area contributed by atoms with E-state index >= 15 is 0 Å². The Morgan fingerprint density at radius 2 is 1.91 bits per heavy atom. The summed E-state index contributed by atoms with van der Waals surface area (Å²) in [4.78, 5) is 27.8. The highest BCUT2D eigenvalue weighted by molar-refractivity contribution is 5.76. The zero-order valence-electron chi connectivity index (χ0n) is 13.7. The van der Waals surface area contributed by atoms with E-state index in [4.69, 9.17) is 0 Å². The van der Waals surface area contributed by atoms with E-state index < -0.39 is 0 Å². The van der Waals surface area contributed by atoms with Crippen molar-refractivity contribution in [2.75, 3.05) is 32.7 Å². The Labute approximate surface area is 133 Å². The predicted molar refractivity (Wildman–Crippen MR) is 85.3 cm³/mol. The van der Waals surface area contributed by atoms with Crippen LogP contribution >= 0.6 is 0 Å². The predicted octanol–water partition coefficient (Wildman–Crippen LogP) is 1.24. The molecule has 3 heterocycles. The molecule has 3 rings (SSSR count). The lowest BCUT2D eigenvalue weighted by Crippen LogP contribution is -2.57. The summed E-state index contributed by atoms with van der Waals surface area (Å²) in [5.74, 6) is 1.73. The van der Waals surface area contributed by atoms with Crippen LogP contribution in [0.25, 0.3) is 0 Å². The molecule has 2 bridgehead atoms. The standard InChI is InChI=1S/C17H29N3O2/c1-13(21)20-11-14-9-15(12-20)16(18-10-14)5-4-6-17(22)19-7-2-3-8-19/h14-16,18H,2-12H2,1H3/t14?,15?,16-/m1/s1. The molecular formula is C17H29N3O2. The zero-order chi connectivity index (χ0) is 15.5. The van der Waals surface area contributed by atoms with Crippen LogP contribution < -0.4 is 5.32 Å². The molecule has 0 aromatic heterocycles. The normalized spacial score (nSPS) is 31.4. The number of carbonyl (C=O) groups is 2. The molecule has 0 saturated carbocycles. The molecular weight excluding hydrogens is 278 g/mol. The fourth-order valence-corrected chi connectivity index (χ4v) is 4.36. The number of carbonyl (C=O) groups excluding carboxylic acids is 2. The summed E-state index contributed by atoms with van der Waals surface area (Å²) in [7, 11) is 0. The lowest BCUT2D eigenvalue weighted by atomic mass is 9.79. The number of nitrogens with zero attached hydrogens (tertiary/aromatic N) is 2. The number of nitrogens with one attached hydrogen (secondary N) is 1. The fourth-order valence-electron chi connectivity index (χ4n) is 4.36. The van der Waals surface area contributed by atoms with Gasteiger partial charge in [0.1, 0.15) is 0 Å². The number of amides is 2. The molecule has 0 aromatic carbocycles. The fraction of sp³-hybridized carbons (Fsp3) is 0.882. The first kappa shape index (κ1) is 15.8. The van der Waals surface area contributed by atoms with Crippen molar-refractivity contribution >= 4 is 11.8 Å². The van der Waals surface area contributed by atoms with E-state index in [1.165, 1.54) is 19.3 Å². The van der Waals surface area contributed by atoms with E-state index in [2.05, 4.69) is 5.32 Å². The first-order valence-electron chi connectivity index (χ1n) is 8.90. The van der Waals surface area contributed by atoms with Gasteiger partial charge in [0.15, 0.2) is 0 Å². The van der Waals surface area contributed by atoms with Gasteiger partial charge in [0.2, 0.25) is 11.8 Å². The van der Waals surface area contributed by atoms with E-state index in [1.54, 1.807) is 6.92 Å². The summed E-state index contributed by atoms with van der Waals surface area (Å²) in [5.41, 5.74) is 0. The Bertz CT molecular complexity index is 420. The van der Waals surface area contributed by atoms with Gasteiger partial charge in [0.25, 0.3) is 0 Å². The van der Waals surface area contributed by atoms with Crippen LogP contribution in [0.4, 0.5) is 0 Å². The maximum atomic E-state index is 12.1. The van der Waals surface area contributed by atoms with Crippen molar-refractivity contribution in [3.63, 3.8) is 0 Å². The van der Waals surface area contributed by atoms with Gasteiger partial charge >= 0.3 is 0 Å². The van der Waals surface area contributed by atoms with Crippen molar-refractivity contribution in [2.24, 2.45) is 11.8 Å². The lowest BCUT2D eigenvalue weighted by molar-refractivity contribution is -0.132. The monoisotopic (exact) mass is 307 g/mol. The molecule has 22 heavy (non-hydrogen) atoms. The van der Waals surface area contributed by atoms with Crippen LogP contribution in [-0.4, -0.2) is 60.4 Å². The summed E-state index contributed by atoms with van der Waals surface area (Å²) in [6.07, 6.45) is 6.28. The van der Waals surface area contributed by atoms with Gasteiger partial charge in [-0.25, -0.2) is 0 Å². The molecule has 3 atom stereocenters. The molecule has 2 amide bonds. The molecule has 2 unspecified atom stereocenters. The summed E-state index contributed by atoms with van der Waals surface area (Å²) < 4.78 is 0. The highest BCUT2D eigenvalue weighted by Crippen LogP contribution is 2.30. The highest BCUT2D eigenvalue weighted by Gasteiger charge is 2.36. The van der Waals surface area contributed by atoms with Crippen LogP contribution in [0.5, 0.6) is 0 Å². The van der Waals surface area contributed by atoms with Gasteiger partial charge < -0.3 is 15.1 Å². The maximum absolute atomic E-state index is 12.1. The van der Waals surface area contributed by atoms with Gasteiger partial charge in [-0.05, 0) is 50.5 Å². The van der Waals surface area contributed by atoms with E-state index in [0.717, 1.165) is 45.6 Å². The maximum Gasteiger partial charge on any atom is 0.222 e. The van der Waals surface area contributed by atoms with Crippen molar-refractivity contribution in [3.8, 4) is 0 Å². The Kier molecular flexibility index (Phi) is 5.01. The number of hydrogen-bond acceptors (Lipinski definition) is 3. The van der Waals surface area contributed by atoms with Crippen LogP contribution in [0.1, 0.15) is 45.4 Å². The second-order valence-corrected chi connectivity index (χ2v) is 7.28. The van der Waals surface area contributed by atoms with Gasteiger partial charge in [-0.15, -0.1) is 0 Å². The summed E-state index contributed by atoms with van der Waals surface area (Å²) in [6, 6.07) is 0.477. The minimum Gasteiger partial charge on any atom is -0.343 e. The van der Waals surface area contributed by atoms with Crippen molar-refractivity contribution in [2.45, 2.75) is 51.5 Å². The molecule has 124 valence electrons. The van der Waals surface area contributed by atoms with Gasteiger partial charge in [0, 0.05) is 45.6 Å². The van der Waals surface area contributed by atoms with E-state index in [1.807, 2.05) is 9.80 Å². The van der Waals surface area contributed by atoms with Crippen LogP contribution in [0.3, 0.4) is 0 Å². The average molecular weight is 307 g/mol. The number of likely N-dealkylation sites (tertiary alicyclic amines) is 2. The van der Waals surface area contributed by atoms with Crippen LogP contribution in [-0.2, 0) is 9.59 Å². The first-order chi connectivity index (χ1) is 10.6. The number of rotatable bonds is 4. The second kappa shape index (κ2) is 6.99. The molecule has 1 N–H and O–H groups in total. The molecule has 5 nitrogen and oxygen atoms in total. The molecule has 3 saturated heterocycles. The zero-order valence-corrected chi connectivity index (χ0v) is 13.7. The minimum atomic E-state index is 0.208. The van der Waals surface area contributed by atoms with Crippen molar-refractivity contribution < 1.29 is 9.59 Å². The summed E-state index contributed by atoms with van der Waals surface area (Å²) >= 11 is 0. The van der Waals surface area contributed by atoms with Crippen LogP contribution in [0.2, 0.25) is 0 Å². The van der Waals surface area contributed by atoms with Gasteiger partial charge in [-0.2, -0.15) is 0 Å². The SMILES string of the molecule is CC(=O)N1CC2CN[C@H](CCCC(=O)N3CCCC3)C(C2)C1. The van der Waals surface area contributed by atoms with Crippen LogP contribution in [0.15, 0.2) is 0 Å². The molecule has 5 heteroatoms. The third kappa shape index (κ3) is 3.62. The lowest BCUT2D eigenvalue weighted by Gasteiger charge is -2.45. The quantitative estimate of drug-likeness (QED) is 0.850. The molecule has 3 aliphatic rings. The van der Waals surface area contributed by atoms with Gasteiger partial charge in [-0.1, -0.05) is 0 Å². The average Bonchev–Trinajstić information content (AvgIpc) is 3.03. The van der Waals surface area contributed by atoms with Crippen molar-refractivity contribution in [3.05, 3.63) is 0 Å². The Hall–Kier alpha value is -1.10. The molecule has 0 aliphatic carbocycles. The Balaban J connectivity index is 1.44. The topological polar surface area (TPSA) is 52.7 Å². The Morgan fingerprint density at radius 3 is 2.64 bits per heavy atom. The highest BCUT2D eigenvalue weighted by atomic mass is 16.2. The van der Waals surface area contributed by atoms with Crippen molar-refractivity contribution in [1.29, 1.82) is 0 Å². The molecule has 0 radical (unpaired) electrons.